The smallest absolute Gasteiger partial charge is 0.182 e. The first-order valence-corrected chi connectivity index (χ1v) is 4.78. The highest BCUT2D eigenvalue weighted by Crippen LogP contribution is 2.29. The fraction of sp³-hybridized carbons (Fsp3) is 0.0909. The molecule has 0 amide bonds. The van der Waals surface area contributed by atoms with Crippen molar-refractivity contribution in [1.29, 1.82) is 0 Å². The number of hydrogen-bond acceptors (Lipinski definition) is 3. The molecule has 0 aliphatic heterocycles. The molecule has 76 valence electrons. The third-order valence-corrected chi connectivity index (χ3v) is 2.40. The molecule has 15 heavy (non-hydrogen) atoms. The van der Waals surface area contributed by atoms with E-state index in [1.807, 2.05) is 18.2 Å². The fourth-order valence-electron chi connectivity index (χ4n) is 1.36. The first kappa shape index (κ1) is 9.93. The number of benzene rings is 1. The van der Waals surface area contributed by atoms with E-state index in [1.54, 1.807) is 6.07 Å². The topological polar surface area (TPSA) is 43.1 Å². The molecule has 1 heterocycles. The molecule has 0 saturated heterocycles. The minimum atomic E-state index is -0.140. The summed E-state index contributed by atoms with van der Waals surface area (Å²) in [6.45, 7) is 1.44. The van der Waals surface area contributed by atoms with Gasteiger partial charge in [0, 0.05) is 17.5 Å². The Morgan fingerprint density at radius 3 is 2.73 bits per heavy atom. The standard InChI is InChI=1S/C11H8ClNO2/c1-7(14)11-9(6-15-13-11)8-4-2-3-5-10(8)12/h2-6H,1H3. The molecule has 2 rings (SSSR count). The number of rotatable bonds is 2. The van der Waals surface area contributed by atoms with Gasteiger partial charge in [-0.25, -0.2) is 0 Å². The quantitative estimate of drug-likeness (QED) is 0.732. The zero-order valence-electron chi connectivity index (χ0n) is 8.03. The monoisotopic (exact) mass is 221 g/mol. The highest BCUT2D eigenvalue weighted by Gasteiger charge is 2.15. The van der Waals surface area contributed by atoms with Crippen molar-refractivity contribution in [2.45, 2.75) is 6.92 Å². The van der Waals surface area contributed by atoms with E-state index in [9.17, 15) is 4.79 Å². The summed E-state index contributed by atoms with van der Waals surface area (Å²) in [7, 11) is 0. The van der Waals surface area contributed by atoms with E-state index in [1.165, 1.54) is 13.2 Å². The van der Waals surface area contributed by atoms with Crippen molar-refractivity contribution >= 4 is 17.4 Å². The number of hydrogen-bond donors (Lipinski definition) is 0. The number of nitrogens with zero attached hydrogens (tertiary/aromatic N) is 1. The third kappa shape index (κ3) is 1.78. The Balaban J connectivity index is 2.59. The molecule has 0 saturated carbocycles. The molecule has 4 heteroatoms. The normalized spacial score (nSPS) is 10.3. The summed E-state index contributed by atoms with van der Waals surface area (Å²) < 4.78 is 4.79. The van der Waals surface area contributed by atoms with Crippen LogP contribution in [-0.4, -0.2) is 10.9 Å². The molecule has 2 aromatic rings. The second kappa shape index (κ2) is 3.87. The van der Waals surface area contributed by atoms with Crippen LogP contribution in [0.25, 0.3) is 11.1 Å². The summed E-state index contributed by atoms with van der Waals surface area (Å²) in [5, 5.41) is 4.22. The summed E-state index contributed by atoms with van der Waals surface area (Å²) >= 11 is 6.01. The maximum absolute atomic E-state index is 11.2. The molecule has 0 fully saturated rings. The molecule has 0 spiro atoms. The van der Waals surface area contributed by atoms with Gasteiger partial charge in [-0.05, 0) is 6.07 Å². The average Bonchev–Trinajstić information content (AvgIpc) is 2.67. The van der Waals surface area contributed by atoms with Gasteiger partial charge >= 0.3 is 0 Å². The van der Waals surface area contributed by atoms with Gasteiger partial charge in [-0.15, -0.1) is 0 Å². The van der Waals surface area contributed by atoms with E-state index in [2.05, 4.69) is 5.16 Å². The molecule has 0 radical (unpaired) electrons. The summed E-state index contributed by atoms with van der Waals surface area (Å²) in [6, 6.07) is 7.25. The molecule has 1 aromatic carbocycles. The lowest BCUT2D eigenvalue weighted by molar-refractivity contribution is 0.101. The van der Waals surface area contributed by atoms with Crippen molar-refractivity contribution in [3.63, 3.8) is 0 Å². The zero-order chi connectivity index (χ0) is 10.8. The van der Waals surface area contributed by atoms with Gasteiger partial charge in [0.05, 0.1) is 5.56 Å². The van der Waals surface area contributed by atoms with Gasteiger partial charge in [-0.1, -0.05) is 35.0 Å². The average molecular weight is 222 g/mol. The van der Waals surface area contributed by atoms with Gasteiger partial charge in [0.25, 0.3) is 0 Å². The van der Waals surface area contributed by atoms with Crippen molar-refractivity contribution in [2.24, 2.45) is 0 Å². The first-order valence-electron chi connectivity index (χ1n) is 4.40. The van der Waals surface area contributed by atoms with E-state index in [-0.39, 0.29) is 5.78 Å². The van der Waals surface area contributed by atoms with Gasteiger partial charge < -0.3 is 4.52 Å². The lowest BCUT2D eigenvalue weighted by atomic mass is 10.1. The highest BCUT2D eigenvalue weighted by atomic mass is 35.5. The van der Waals surface area contributed by atoms with Crippen LogP contribution in [0, 0.1) is 0 Å². The minimum absolute atomic E-state index is 0.140. The fourth-order valence-corrected chi connectivity index (χ4v) is 1.60. The second-order valence-corrected chi connectivity index (χ2v) is 3.52. The van der Waals surface area contributed by atoms with Crippen molar-refractivity contribution in [3.8, 4) is 11.1 Å². The van der Waals surface area contributed by atoms with Crippen LogP contribution in [0.5, 0.6) is 0 Å². The van der Waals surface area contributed by atoms with Crippen molar-refractivity contribution in [1.82, 2.24) is 5.16 Å². The van der Waals surface area contributed by atoms with E-state index in [4.69, 9.17) is 16.1 Å². The van der Waals surface area contributed by atoms with Gasteiger partial charge in [0.1, 0.15) is 6.26 Å². The predicted molar refractivity (Wildman–Crippen MR) is 57.0 cm³/mol. The molecule has 0 atom stereocenters. The number of carbonyl (C=O) groups excluding carboxylic acids is 1. The van der Waals surface area contributed by atoms with E-state index in [0.29, 0.717) is 16.3 Å². The Morgan fingerprint density at radius 2 is 2.07 bits per heavy atom. The number of aromatic nitrogens is 1. The maximum Gasteiger partial charge on any atom is 0.182 e. The Kier molecular flexibility index (Phi) is 2.56. The van der Waals surface area contributed by atoms with Gasteiger partial charge in [-0.3, -0.25) is 4.79 Å². The molecule has 3 nitrogen and oxygen atoms in total. The Hall–Kier alpha value is -1.61. The molecule has 0 unspecified atom stereocenters. The maximum atomic E-state index is 11.2. The van der Waals surface area contributed by atoms with Crippen molar-refractivity contribution < 1.29 is 9.32 Å². The molecule has 0 aliphatic rings. The van der Waals surface area contributed by atoms with Crippen molar-refractivity contribution in [3.05, 3.63) is 41.2 Å². The van der Waals surface area contributed by atoms with Crippen LogP contribution in [-0.2, 0) is 0 Å². The van der Waals surface area contributed by atoms with Crippen LogP contribution < -0.4 is 0 Å². The van der Waals surface area contributed by atoms with Crippen LogP contribution in [0.1, 0.15) is 17.4 Å². The minimum Gasteiger partial charge on any atom is -0.363 e. The van der Waals surface area contributed by atoms with E-state index in [0.717, 1.165) is 5.56 Å². The zero-order valence-corrected chi connectivity index (χ0v) is 8.78. The number of carbonyl (C=O) groups is 1. The van der Waals surface area contributed by atoms with Gasteiger partial charge in [-0.2, -0.15) is 0 Å². The molecular formula is C11H8ClNO2. The lowest BCUT2D eigenvalue weighted by Gasteiger charge is -2.00. The molecule has 0 aliphatic carbocycles. The molecule has 0 N–H and O–H groups in total. The van der Waals surface area contributed by atoms with E-state index < -0.39 is 0 Å². The largest absolute Gasteiger partial charge is 0.363 e. The number of ketones is 1. The lowest BCUT2D eigenvalue weighted by Crippen LogP contribution is -1.94. The second-order valence-electron chi connectivity index (χ2n) is 3.11. The van der Waals surface area contributed by atoms with Crippen LogP contribution in [0.2, 0.25) is 5.02 Å². The Bertz CT molecular complexity index is 505. The summed E-state index contributed by atoms with van der Waals surface area (Å²) in [6.07, 6.45) is 1.43. The Morgan fingerprint density at radius 1 is 1.33 bits per heavy atom. The highest BCUT2D eigenvalue weighted by molar-refractivity contribution is 6.33. The van der Waals surface area contributed by atoms with E-state index >= 15 is 0 Å². The first-order chi connectivity index (χ1) is 7.20. The van der Waals surface area contributed by atoms with Crippen LogP contribution in [0.3, 0.4) is 0 Å². The summed E-state index contributed by atoms with van der Waals surface area (Å²) in [5.74, 6) is -0.140. The van der Waals surface area contributed by atoms with Crippen LogP contribution in [0.4, 0.5) is 0 Å². The molecular weight excluding hydrogens is 214 g/mol. The summed E-state index contributed by atoms with van der Waals surface area (Å²) in [4.78, 5) is 11.2. The number of Topliss-reactive ketones (excluding diaryl/α,β-unsaturated/α-hetero) is 1. The van der Waals surface area contributed by atoms with Crippen LogP contribution >= 0.6 is 11.6 Å². The van der Waals surface area contributed by atoms with Gasteiger partial charge in [0.15, 0.2) is 11.5 Å². The Labute approximate surface area is 91.6 Å². The summed E-state index contributed by atoms with van der Waals surface area (Å²) in [5.41, 5.74) is 1.70. The SMILES string of the molecule is CC(=O)c1nocc1-c1ccccc1Cl. The number of halogens is 1. The molecule has 1 aromatic heterocycles. The third-order valence-electron chi connectivity index (χ3n) is 2.07. The van der Waals surface area contributed by atoms with Crippen LogP contribution in [0.15, 0.2) is 35.1 Å². The van der Waals surface area contributed by atoms with Crippen molar-refractivity contribution in [2.75, 3.05) is 0 Å². The molecule has 0 bridgehead atoms. The predicted octanol–water partition coefficient (Wildman–Crippen LogP) is 3.20. The van der Waals surface area contributed by atoms with Gasteiger partial charge in [0.2, 0.25) is 0 Å².